The average Bonchev–Trinajstić information content (AvgIpc) is 2.54. The van der Waals surface area contributed by atoms with E-state index in [-0.39, 0.29) is 31.3 Å². The highest BCUT2D eigenvalue weighted by Gasteiger charge is 2.45. The van der Waals surface area contributed by atoms with Gasteiger partial charge in [-0.05, 0) is 18.8 Å². The van der Waals surface area contributed by atoms with Crippen LogP contribution in [-0.4, -0.2) is 74.0 Å². The number of esters is 1. The second kappa shape index (κ2) is 11.2. The first-order valence-electron chi connectivity index (χ1n) is 9.07. The van der Waals surface area contributed by atoms with Gasteiger partial charge in [-0.3, -0.25) is 4.79 Å². The van der Waals surface area contributed by atoms with Crippen molar-refractivity contribution < 1.29 is 38.7 Å². The van der Waals surface area contributed by atoms with Crippen molar-refractivity contribution in [3.63, 3.8) is 0 Å². The molecule has 2 N–H and O–H groups in total. The molecule has 1 saturated heterocycles. The molecule has 1 fully saturated rings. The fraction of sp³-hybridized carbons (Fsp3) is 0.944. The van der Waals surface area contributed by atoms with Crippen LogP contribution in [0.1, 0.15) is 40.5 Å². The number of hydrogen-bond acceptors (Lipinski definition) is 8. The molecule has 0 aromatic heterocycles. The van der Waals surface area contributed by atoms with Crippen LogP contribution in [0.25, 0.3) is 0 Å². The maximum Gasteiger partial charge on any atom is 0.308 e. The Morgan fingerprint density at radius 3 is 2.31 bits per heavy atom. The molecule has 154 valence electrons. The molecule has 0 saturated carbocycles. The zero-order valence-corrected chi connectivity index (χ0v) is 16.6. The summed E-state index contributed by atoms with van der Waals surface area (Å²) in [5, 5.41) is 20.0. The molecule has 0 bridgehead atoms. The predicted octanol–water partition coefficient (Wildman–Crippen LogP) is 1.07. The Bertz CT molecular complexity index is 416. The van der Waals surface area contributed by atoms with E-state index in [2.05, 4.69) is 0 Å². The Morgan fingerprint density at radius 1 is 1.15 bits per heavy atom. The third-order valence-electron chi connectivity index (χ3n) is 4.29. The van der Waals surface area contributed by atoms with Crippen LogP contribution in [0.3, 0.4) is 0 Å². The molecule has 8 heteroatoms. The molecular weight excluding hydrogens is 344 g/mol. The van der Waals surface area contributed by atoms with Gasteiger partial charge in [0.1, 0.15) is 18.3 Å². The number of rotatable bonds is 10. The van der Waals surface area contributed by atoms with Crippen LogP contribution in [0.4, 0.5) is 0 Å². The molecule has 1 aliphatic heterocycles. The standard InChI is InChI=1S/C18H34O8/c1-10(2)7-13(19)26-14(20)8-11(3)9-24-18-17(23-6)16(22-5)15(21)12(4)25-18/h10-12,14-18,20-21H,7-9H2,1-6H3/t11-,12-,14+,15-,16-,17-,18-/m1/s1. The van der Waals surface area contributed by atoms with Crippen LogP contribution in [-0.2, 0) is 28.5 Å². The summed E-state index contributed by atoms with van der Waals surface area (Å²) in [6, 6.07) is 0. The quantitative estimate of drug-likeness (QED) is 0.430. The first-order valence-corrected chi connectivity index (χ1v) is 9.07. The van der Waals surface area contributed by atoms with Crippen LogP contribution in [0.5, 0.6) is 0 Å². The molecule has 1 aliphatic rings. The highest BCUT2D eigenvalue weighted by molar-refractivity contribution is 5.69. The lowest BCUT2D eigenvalue weighted by molar-refractivity contribution is -0.304. The summed E-state index contributed by atoms with van der Waals surface area (Å²) in [7, 11) is 3.00. The highest BCUT2D eigenvalue weighted by Crippen LogP contribution is 2.26. The number of methoxy groups -OCH3 is 2. The van der Waals surface area contributed by atoms with E-state index in [0.29, 0.717) is 0 Å². The topological polar surface area (TPSA) is 104 Å². The normalized spacial score (nSPS) is 31.7. The van der Waals surface area contributed by atoms with Gasteiger partial charge in [-0.25, -0.2) is 0 Å². The maximum atomic E-state index is 11.6. The molecule has 0 amide bonds. The number of aliphatic hydroxyl groups excluding tert-OH is 2. The summed E-state index contributed by atoms with van der Waals surface area (Å²) in [5.41, 5.74) is 0. The van der Waals surface area contributed by atoms with Crippen molar-refractivity contribution in [3.05, 3.63) is 0 Å². The van der Waals surface area contributed by atoms with Crippen molar-refractivity contribution in [1.29, 1.82) is 0 Å². The molecule has 0 aliphatic carbocycles. The fourth-order valence-corrected chi connectivity index (χ4v) is 2.89. The van der Waals surface area contributed by atoms with Gasteiger partial charge in [0.25, 0.3) is 0 Å². The van der Waals surface area contributed by atoms with Crippen molar-refractivity contribution >= 4 is 5.97 Å². The van der Waals surface area contributed by atoms with Gasteiger partial charge in [0.2, 0.25) is 6.29 Å². The SMILES string of the molecule is CO[C@@H]1[C@H](O)[C@@H](C)O[C@@H](OC[C@H](C)C[C@@H](O)OC(=O)CC(C)C)[C@@H]1OC. The van der Waals surface area contributed by atoms with Gasteiger partial charge in [0.15, 0.2) is 6.29 Å². The Labute approximate surface area is 155 Å². The highest BCUT2D eigenvalue weighted by atomic mass is 16.7. The third kappa shape index (κ3) is 7.09. The third-order valence-corrected chi connectivity index (χ3v) is 4.29. The fourth-order valence-electron chi connectivity index (χ4n) is 2.89. The minimum Gasteiger partial charge on any atom is -0.436 e. The number of aliphatic hydroxyl groups is 2. The molecule has 0 radical (unpaired) electrons. The number of hydrogen-bond donors (Lipinski definition) is 2. The summed E-state index contributed by atoms with van der Waals surface area (Å²) >= 11 is 0. The van der Waals surface area contributed by atoms with Crippen molar-refractivity contribution in [3.8, 4) is 0 Å². The molecule has 1 rings (SSSR count). The zero-order valence-electron chi connectivity index (χ0n) is 16.6. The maximum absolute atomic E-state index is 11.6. The minimum atomic E-state index is -1.17. The molecule has 8 nitrogen and oxygen atoms in total. The average molecular weight is 378 g/mol. The largest absolute Gasteiger partial charge is 0.436 e. The van der Waals surface area contributed by atoms with E-state index >= 15 is 0 Å². The Morgan fingerprint density at radius 2 is 1.77 bits per heavy atom. The first kappa shape index (κ1) is 23.3. The Hall–Kier alpha value is -0.770. The molecule has 26 heavy (non-hydrogen) atoms. The summed E-state index contributed by atoms with van der Waals surface area (Å²) in [6.07, 6.45) is -3.77. The molecule has 0 aromatic carbocycles. The predicted molar refractivity (Wildman–Crippen MR) is 93.2 cm³/mol. The van der Waals surface area contributed by atoms with Gasteiger partial charge in [-0.2, -0.15) is 0 Å². The summed E-state index contributed by atoms with van der Waals surface area (Å²) in [6.45, 7) is 7.69. The van der Waals surface area contributed by atoms with Crippen LogP contribution in [0.2, 0.25) is 0 Å². The summed E-state index contributed by atoms with van der Waals surface area (Å²) in [4.78, 5) is 11.6. The van der Waals surface area contributed by atoms with Crippen LogP contribution >= 0.6 is 0 Å². The number of carbonyl (C=O) groups excluding carboxylic acids is 1. The van der Waals surface area contributed by atoms with Crippen LogP contribution in [0.15, 0.2) is 0 Å². The molecular formula is C18H34O8. The van der Waals surface area contributed by atoms with Gasteiger partial charge >= 0.3 is 5.97 Å². The van der Waals surface area contributed by atoms with E-state index < -0.39 is 43.0 Å². The van der Waals surface area contributed by atoms with Gasteiger partial charge in [-0.15, -0.1) is 0 Å². The van der Waals surface area contributed by atoms with Crippen LogP contribution < -0.4 is 0 Å². The van der Waals surface area contributed by atoms with E-state index in [0.717, 1.165) is 0 Å². The van der Waals surface area contributed by atoms with Crippen molar-refractivity contribution in [1.82, 2.24) is 0 Å². The number of carbonyl (C=O) groups is 1. The van der Waals surface area contributed by atoms with Crippen LogP contribution in [0, 0.1) is 11.8 Å². The van der Waals surface area contributed by atoms with E-state index in [1.54, 1.807) is 6.92 Å². The molecule has 0 unspecified atom stereocenters. The lowest BCUT2D eigenvalue weighted by Crippen LogP contribution is -2.58. The van der Waals surface area contributed by atoms with E-state index in [9.17, 15) is 15.0 Å². The monoisotopic (exact) mass is 378 g/mol. The van der Waals surface area contributed by atoms with Crippen molar-refractivity contribution in [2.75, 3.05) is 20.8 Å². The van der Waals surface area contributed by atoms with Gasteiger partial charge in [-0.1, -0.05) is 20.8 Å². The molecule has 0 aromatic rings. The Balaban J connectivity index is 2.47. The second-order valence-corrected chi connectivity index (χ2v) is 7.32. The van der Waals surface area contributed by atoms with Gasteiger partial charge < -0.3 is 33.9 Å². The van der Waals surface area contributed by atoms with Crippen molar-refractivity contribution in [2.45, 2.75) is 77.5 Å². The molecule has 1 heterocycles. The minimum absolute atomic E-state index is 0.0823. The second-order valence-electron chi connectivity index (χ2n) is 7.32. The van der Waals surface area contributed by atoms with E-state index in [4.69, 9.17) is 23.7 Å². The van der Waals surface area contributed by atoms with Gasteiger partial charge in [0, 0.05) is 27.1 Å². The molecule has 0 spiro atoms. The smallest absolute Gasteiger partial charge is 0.308 e. The van der Waals surface area contributed by atoms with Gasteiger partial charge in [0.05, 0.1) is 12.7 Å². The van der Waals surface area contributed by atoms with E-state index in [1.807, 2.05) is 20.8 Å². The zero-order chi connectivity index (χ0) is 19.9. The summed E-state index contributed by atoms with van der Waals surface area (Å²) < 4.78 is 27.1. The summed E-state index contributed by atoms with van der Waals surface area (Å²) in [5.74, 6) is -0.321. The van der Waals surface area contributed by atoms with E-state index in [1.165, 1.54) is 14.2 Å². The Kier molecular flexibility index (Phi) is 9.99. The molecule has 7 atom stereocenters. The van der Waals surface area contributed by atoms with Crippen molar-refractivity contribution in [2.24, 2.45) is 11.8 Å². The first-order chi connectivity index (χ1) is 12.2. The lowest BCUT2D eigenvalue weighted by Gasteiger charge is -2.42. The lowest BCUT2D eigenvalue weighted by atomic mass is 9.99. The number of ether oxygens (including phenoxy) is 5.